The molecule has 1 N–H and O–H groups in total. The number of esters is 1. The first-order chi connectivity index (χ1) is 14.0. The van der Waals surface area contributed by atoms with Gasteiger partial charge in [-0.2, -0.15) is 0 Å². The van der Waals surface area contributed by atoms with Crippen molar-refractivity contribution < 1.29 is 22.7 Å². The lowest BCUT2D eigenvalue weighted by Gasteiger charge is -2.30. The molecule has 0 saturated heterocycles. The van der Waals surface area contributed by atoms with E-state index >= 15 is 0 Å². The molecule has 0 aliphatic rings. The Balaban J connectivity index is 2.38. The largest absolute Gasteiger partial charge is 0.462 e. The van der Waals surface area contributed by atoms with Crippen LogP contribution in [0, 0.1) is 20.8 Å². The van der Waals surface area contributed by atoms with Gasteiger partial charge in [-0.25, -0.2) is 13.2 Å². The van der Waals surface area contributed by atoms with Crippen molar-refractivity contribution in [2.75, 3.05) is 22.5 Å². The summed E-state index contributed by atoms with van der Waals surface area (Å²) in [5, 5.41) is 2.75. The molecule has 0 radical (unpaired) electrons. The number of aryl methyl sites for hydroxylation is 3. The third-order valence-electron chi connectivity index (χ3n) is 4.70. The van der Waals surface area contributed by atoms with Gasteiger partial charge in [0.05, 0.1) is 24.1 Å². The Hall–Kier alpha value is -2.87. The van der Waals surface area contributed by atoms with Gasteiger partial charge >= 0.3 is 5.97 Å². The zero-order chi connectivity index (χ0) is 22.6. The van der Waals surface area contributed by atoms with Crippen molar-refractivity contribution in [1.82, 2.24) is 0 Å². The Labute approximate surface area is 178 Å². The van der Waals surface area contributed by atoms with E-state index in [1.807, 2.05) is 19.1 Å². The van der Waals surface area contributed by atoms with Crippen LogP contribution in [0.15, 0.2) is 36.4 Å². The number of benzene rings is 2. The Morgan fingerprint density at radius 1 is 1.07 bits per heavy atom. The summed E-state index contributed by atoms with van der Waals surface area (Å²) >= 11 is 0. The number of rotatable bonds is 7. The minimum absolute atomic E-state index is 0.241. The molecule has 1 amide bonds. The summed E-state index contributed by atoms with van der Waals surface area (Å²) in [6.45, 7) is 8.92. The van der Waals surface area contributed by atoms with E-state index in [1.165, 1.54) is 13.0 Å². The number of carbonyl (C=O) groups is 2. The molecule has 1 unspecified atom stereocenters. The molecule has 0 spiro atoms. The standard InChI is InChI=1S/C22H28N2O5S/c1-7-29-22(26)18-11-10-15(3)19(13-18)23-21(25)17(5)24(30(6,27)28)20-12-14(2)8-9-16(20)4/h8-13,17H,7H2,1-6H3,(H,23,25). The van der Waals surface area contributed by atoms with E-state index in [2.05, 4.69) is 5.32 Å². The Morgan fingerprint density at radius 3 is 2.30 bits per heavy atom. The van der Waals surface area contributed by atoms with E-state index in [4.69, 9.17) is 4.74 Å². The van der Waals surface area contributed by atoms with Crippen molar-refractivity contribution in [3.63, 3.8) is 0 Å². The molecular weight excluding hydrogens is 404 g/mol. The number of nitrogens with one attached hydrogen (secondary N) is 1. The van der Waals surface area contributed by atoms with E-state index in [0.29, 0.717) is 16.9 Å². The molecule has 2 aromatic rings. The average Bonchev–Trinajstić information content (AvgIpc) is 2.65. The fourth-order valence-electron chi connectivity index (χ4n) is 3.07. The predicted octanol–water partition coefficient (Wildman–Crippen LogP) is 3.58. The monoisotopic (exact) mass is 432 g/mol. The molecule has 0 aromatic heterocycles. The summed E-state index contributed by atoms with van der Waals surface area (Å²) in [6.07, 6.45) is 1.07. The van der Waals surface area contributed by atoms with Gasteiger partial charge in [0, 0.05) is 5.69 Å². The van der Waals surface area contributed by atoms with Crippen LogP contribution in [-0.2, 0) is 19.6 Å². The molecule has 162 valence electrons. The van der Waals surface area contributed by atoms with Crippen LogP contribution < -0.4 is 9.62 Å². The molecule has 0 heterocycles. The summed E-state index contributed by atoms with van der Waals surface area (Å²) in [5.41, 5.74) is 3.55. The lowest BCUT2D eigenvalue weighted by Crippen LogP contribution is -2.45. The fourth-order valence-corrected chi connectivity index (χ4v) is 4.30. The van der Waals surface area contributed by atoms with Gasteiger partial charge < -0.3 is 10.1 Å². The molecule has 0 aliphatic carbocycles. The lowest BCUT2D eigenvalue weighted by atomic mass is 10.1. The average molecular weight is 433 g/mol. The van der Waals surface area contributed by atoms with Gasteiger partial charge in [0.1, 0.15) is 6.04 Å². The van der Waals surface area contributed by atoms with E-state index < -0.39 is 27.9 Å². The summed E-state index contributed by atoms with van der Waals surface area (Å²) < 4.78 is 31.2. The van der Waals surface area contributed by atoms with E-state index in [9.17, 15) is 18.0 Å². The number of sulfonamides is 1. The molecule has 7 nitrogen and oxygen atoms in total. The SMILES string of the molecule is CCOC(=O)c1ccc(C)c(NC(=O)C(C)N(c2cc(C)ccc2C)S(C)(=O)=O)c1. The second-order valence-corrected chi connectivity index (χ2v) is 9.12. The quantitative estimate of drug-likeness (QED) is 0.675. The van der Waals surface area contributed by atoms with Crippen LogP contribution in [0.4, 0.5) is 11.4 Å². The number of ether oxygens (including phenoxy) is 1. The lowest BCUT2D eigenvalue weighted by molar-refractivity contribution is -0.116. The highest BCUT2D eigenvalue weighted by molar-refractivity contribution is 7.92. The van der Waals surface area contributed by atoms with Crippen LogP contribution in [0.2, 0.25) is 0 Å². The van der Waals surface area contributed by atoms with Crippen molar-refractivity contribution in [3.8, 4) is 0 Å². The number of carbonyl (C=O) groups excluding carboxylic acids is 2. The van der Waals surface area contributed by atoms with Gasteiger partial charge in [-0.05, 0) is 69.5 Å². The summed E-state index contributed by atoms with van der Waals surface area (Å²) in [6, 6.07) is 9.28. The van der Waals surface area contributed by atoms with Gasteiger partial charge in [-0.3, -0.25) is 9.10 Å². The molecular formula is C22H28N2O5S. The van der Waals surface area contributed by atoms with Crippen LogP contribution in [0.25, 0.3) is 0 Å². The highest BCUT2D eigenvalue weighted by Crippen LogP contribution is 2.27. The van der Waals surface area contributed by atoms with Gasteiger partial charge in [0.2, 0.25) is 15.9 Å². The Morgan fingerprint density at radius 2 is 1.70 bits per heavy atom. The van der Waals surface area contributed by atoms with Gasteiger partial charge in [-0.15, -0.1) is 0 Å². The minimum atomic E-state index is -3.73. The summed E-state index contributed by atoms with van der Waals surface area (Å²) in [4.78, 5) is 25.0. The highest BCUT2D eigenvalue weighted by Gasteiger charge is 2.30. The summed E-state index contributed by atoms with van der Waals surface area (Å²) in [7, 11) is -3.73. The molecule has 0 bridgehead atoms. The molecule has 2 rings (SSSR count). The first-order valence-corrected chi connectivity index (χ1v) is 11.5. The number of anilines is 2. The molecule has 30 heavy (non-hydrogen) atoms. The second-order valence-electron chi connectivity index (χ2n) is 7.26. The minimum Gasteiger partial charge on any atom is -0.462 e. The first kappa shape index (κ1) is 23.4. The summed E-state index contributed by atoms with van der Waals surface area (Å²) in [5.74, 6) is -1.00. The third-order valence-corrected chi connectivity index (χ3v) is 5.92. The Bertz CT molecular complexity index is 1060. The normalized spacial score (nSPS) is 12.2. The number of hydrogen-bond acceptors (Lipinski definition) is 5. The van der Waals surface area contributed by atoms with Crippen LogP contribution in [-0.4, -0.2) is 39.2 Å². The highest BCUT2D eigenvalue weighted by atomic mass is 32.2. The Kier molecular flexibility index (Phi) is 7.25. The maximum absolute atomic E-state index is 13.0. The first-order valence-electron chi connectivity index (χ1n) is 9.61. The molecule has 0 aliphatic heterocycles. The predicted molar refractivity (Wildman–Crippen MR) is 118 cm³/mol. The second kappa shape index (κ2) is 9.30. The van der Waals surface area contributed by atoms with Crippen LogP contribution in [0.5, 0.6) is 0 Å². The molecule has 0 fully saturated rings. The molecule has 1 atom stereocenters. The molecule has 0 saturated carbocycles. The van der Waals surface area contributed by atoms with Crippen LogP contribution >= 0.6 is 0 Å². The maximum Gasteiger partial charge on any atom is 0.338 e. The van der Waals surface area contributed by atoms with E-state index in [1.54, 1.807) is 39.0 Å². The smallest absolute Gasteiger partial charge is 0.338 e. The van der Waals surface area contributed by atoms with Gasteiger partial charge in [0.15, 0.2) is 0 Å². The number of amides is 1. The van der Waals surface area contributed by atoms with Gasteiger partial charge in [0.25, 0.3) is 0 Å². The topological polar surface area (TPSA) is 92.8 Å². The number of nitrogens with zero attached hydrogens (tertiary/aromatic N) is 1. The van der Waals surface area contributed by atoms with E-state index in [-0.39, 0.29) is 6.61 Å². The van der Waals surface area contributed by atoms with Crippen molar-refractivity contribution in [2.24, 2.45) is 0 Å². The van der Waals surface area contributed by atoms with Crippen molar-refractivity contribution >= 4 is 33.3 Å². The fraction of sp³-hybridized carbons (Fsp3) is 0.364. The number of hydrogen-bond donors (Lipinski definition) is 1. The van der Waals surface area contributed by atoms with Crippen molar-refractivity contribution in [3.05, 3.63) is 58.7 Å². The molecule has 8 heteroatoms. The maximum atomic E-state index is 13.0. The van der Waals surface area contributed by atoms with Gasteiger partial charge in [-0.1, -0.05) is 18.2 Å². The van der Waals surface area contributed by atoms with Crippen molar-refractivity contribution in [1.29, 1.82) is 0 Å². The van der Waals surface area contributed by atoms with Crippen molar-refractivity contribution in [2.45, 2.75) is 40.7 Å². The zero-order valence-electron chi connectivity index (χ0n) is 18.1. The van der Waals surface area contributed by atoms with Crippen LogP contribution in [0.3, 0.4) is 0 Å². The van der Waals surface area contributed by atoms with E-state index in [0.717, 1.165) is 27.3 Å². The molecule has 2 aromatic carbocycles. The third kappa shape index (κ3) is 5.38. The van der Waals surface area contributed by atoms with Crippen LogP contribution in [0.1, 0.15) is 40.9 Å². The zero-order valence-corrected chi connectivity index (χ0v) is 19.0.